The molecule has 0 bridgehead atoms. The van der Waals surface area contributed by atoms with Crippen molar-refractivity contribution in [1.82, 2.24) is 10.2 Å². The Balaban J connectivity index is 2.20. The van der Waals surface area contributed by atoms with Crippen molar-refractivity contribution in [2.24, 2.45) is 11.1 Å². The molecule has 0 saturated heterocycles. The van der Waals surface area contributed by atoms with Gasteiger partial charge in [0.1, 0.15) is 0 Å². The van der Waals surface area contributed by atoms with Gasteiger partial charge in [-0.3, -0.25) is 4.79 Å². The average molecular weight is 257 g/mol. The van der Waals surface area contributed by atoms with E-state index in [1.807, 2.05) is 0 Å². The SMILES string of the molecule is CC(C)N(C)CCCNC(=O)C1(C(N)=S)CC1. The van der Waals surface area contributed by atoms with Gasteiger partial charge in [0.2, 0.25) is 5.91 Å². The highest BCUT2D eigenvalue weighted by atomic mass is 32.1. The minimum Gasteiger partial charge on any atom is -0.392 e. The van der Waals surface area contributed by atoms with Gasteiger partial charge in [0.05, 0.1) is 10.4 Å². The van der Waals surface area contributed by atoms with E-state index >= 15 is 0 Å². The summed E-state index contributed by atoms with van der Waals surface area (Å²) in [5.41, 5.74) is 5.07. The molecular weight excluding hydrogens is 234 g/mol. The predicted molar refractivity (Wildman–Crippen MR) is 73.8 cm³/mol. The molecule has 0 aromatic rings. The molecule has 0 radical (unpaired) electrons. The van der Waals surface area contributed by atoms with Gasteiger partial charge in [-0.25, -0.2) is 0 Å². The lowest BCUT2D eigenvalue weighted by atomic mass is 10.1. The fourth-order valence-corrected chi connectivity index (χ4v) is 1.96. The third kappa shape index (κ3) is 3.64. The van der Waals surface area contributed by atoms with Gasteiger partial charge in [-0.1, -0.05) is 12.2 Å². The van der Waals surface area contributed by atoms with Gasteiger partial charge in [-0.2, -0.15) is 0 Å². The molecule has 0 aromatic carbocycles. The van der Waals surface area contributed by atoms with Crippen LogP contribution < -0.4 is 11.1 Å². The zero-order valence-electron chi connectivity index (χ0n) is 11.0. The van der Waals surface area contributed by atoms with Crippen molar-refractivity contribution in [3.63, 3.8) is 0 Å². The van der Waals surface area contributed by atoms with Crippen molar-refractivity contribution in [2.75, 3.05) is 20.1 Å². The lowest BCUT2D eigenvalue weighted by molar-refractivity contribution is -0.124. The van der Waals surface area contributed by atoms with E-state index in [1.165, 1.54) is 0 Å². The zero-order chi connectivity index (χ0) is 13.1. The Hall–Kier alpha value is -0.680. The van der Waals surface area contributed by atoms with E-state index in [1.54, 1.807) is 0 Å². The summed E-state index contributed by atoms with van der Waals surface area (Å²) in [6, 6.07) is 0.539. The second-order valence-corrected chi connectivity index (χ2v) is 5.57. The first-order valence-corrected chi connectivity index (χ1v) is 6.59. The van der Waals surface area contributed by atoms with Gasteiger partial charge < -0.3 is 16.0 Å². The summed E-state index contributed by atoms with van der Waals surface area (Å²) in [5, 5.41) is 2.93. The molecule has 98 valence electrons. The predicted octanol–water partition coefficient (Wildman–Crippen LogP) is 0.899. The lowest BCUT2D eigenvalue weighted by Gasteiger charge is -2.21. The van der Waals surface area contributed by atoms with E-state index in [4.69, 9.17) is 18.0 Å². The van der Waals surface area contributed by atoms with Gasteiger partial charge >= 0.3 is 0 Å². The van der Waals surface area contributed by atoms with Gasteiger partial charge in [0.15, 0.2) is 0 Å². The zero-order valence-corrected chi connectivity index (χ0v) is 11.8. The van der Waals surface area contributed by atoms with Crippen LogP contribution in [0.4, 0.5) is 0 Å². The van der Waals surface area contributed by atoms with E-state index in [2.05, 4.69) is 31.1 Å². The maximum atomic E-state index is 11.9. The molecule has 0 spiro atoms. The smallest absolute Gasteiger partial charge is 0.233 e. The fraction of sp³-hybridized carbons (Fsp3) is 0.833. The monoisotopic (exact) mass is 257 g/mol. The summed E-state index contributed by atoms with van der Waals surface area (Å²) in [6.45, 7) is 5.99. The minimum atomic E-state index is -0.515. The van der Waals surface area contributed by atoms with Gasteiger partial charge in [-0.15, -0.1) is 0 Å². The molecule has 5 heteroatoms. The van der Waals surface area contributed by atoms with E-state index in [0.717, 1.165) is 25.8 Å². The first kappa shape index (κ1) is 14.4. The van der Waals surface area contributed by atoms with E-state index in [9.17, 15) is 4.79 Å². The minimum absolute atomic E-state index is 0.0113. The second-order valence-electron chi connectivity index (χ2n) is 5.13. The van der Waals surface area contributed by atoms with E-state index in [0.29, 0.717) is 17.6 Å². The number of carbonyl (C=O) groups excluding carboxylic acids is 1. The van der Waals surface area contributed by atoms with Crippen LogP contribution in [0.25, 0.3) is 0 Å². The largest absolute Gasteiger partial charge is 0.392 e. The molecule has 3 N–H and O–H groups in total. The van der Waals surface area contributed by atoms with Crippen LogP contribution in [0.5, 0.6) is 0 Å². The summed E-state index contributed by atoms with van der Waals surface area (Å²) in [5.74, 6) is 0.0113. The maximum Gasteiger partial charge on any atom is 0.233 e. The summed E-state index contributed by atoms with van der Waals surface area (Å²) < 4.78 is 0. The number of nitrogens with two attached hydrogens (primary N) is 1. The van der Waals surface area contributed by atoms with E-state index in [-0.39, 0.29) is 5.91 Å². The number of carbonyl (C=O) groups is 1. The summed E-state index contributed by atoms with van der Waals surface area (Å²) >= 11 is 4.93. The van der Waals surface area contributed by atoms with Crippen molar-refractivity contribution in [3.8, 4) is 0 Å². The van der Waals surface area contributed by atoms with Crippen molar-refractivity contribution < 1.29 is 4.79 Å². The molecule has 1 aliphatic carbocycles. The van der Waals surface area contributed by atoms with Gasteiger partial charge in [0, 0.05) is 12.6 Å². The van der Waals surface area contributed by atoms with Crippen molar-refractivity contribution in [3.05, 3.63) is 0 Å². The van der Waals surface area contributed by atoms with Crippen LogP contribution >= 0.6 is 12.2 Å². The quantitative estimate of drug-likeness (QED) is 0.525. The number of nitrogens with zero attached hydrogens (tertiary/aromatic N) is 1. The number of rotatable bonds is 7. The molecule has 0 aliphatic heterocycles. The number of nitrogens with one attached hydrogen (secondary N) is 1. The molecule has 0 atom stereocenters. The van der Waals surface area contributed by atoms with Crippen molar-refractivity contribution >= 4 is 23.1 Å². The number of thiocarbonyl (C=S) groups is 1. The Morgan fingerprint density at radius 2 is 2.12 bits per heavy atom. The molecule has 1 fully saturated rings. The molecule has 1 rings (SSSR count). The van der Waals surface area contributed by atoms with Crippen molar-refractivity contribution in [1.29, 1.82) is 0 Å². The van der Waals surface area contributed by atoms with Crippen LogP contribution in [0.1, 0.15) is 33.1 Å². The summed E-state index contributed by atoms with van der Waals surface area (Å²) in [6.07, 6.45) is 2.56. The molecule has 1 saturated carbocycles. The summed E-state index contributed by atoms with van der Waals surface area (Å²) in [4.78, 5) is 14.5. The second kappa shape index (κ2) is 5.78. The molecule has 1 aliphatic rings. The molecule has 0 unspecified atom stereocenters. The third-order valence-electron chi connectivity index (χ3n) is 3.51. The van der Waals surface area contributed by atoms with Gasteiger partial charge in [-0.05, 0) is 46.7 Å². The highest BCUT2D eigenvalue weighted by Crippen LogP contribution is 2.46. The number of hydrogen-bond acceptors (Lipinski definition) is 3. The normalized spacial score (nSPS) is 17.2. The molecule has 0 aromatic heterocycles. The molecule has 17 heavy (non-hydrogen) atoms. The molecule has 1 amide bonds. The van der Waals surface area contributed by atoms with Crippen LogP contribution in [0, 0.1) is 5.41 Å². The Morgan fingerprint density at radius 3 is 2.53 bits per heavy atom. The van der Waals surface area contributed by atoms with Crippen LogP contribution in [0.2, 0.25) is 0 Å². The average Bonchev–Trinajstić information content (AvgIpc) is 3.04. The fourth-order valence-electron chi connectivity index (χ4n) is 1.67. The lowest BCUT2D eigenvalue weighted by Crippen LogP contribution is -2.40. The summed E-state index contributed by atoms with van der Waals surface area (Å²) in [7, 11) is 2.09. The molecule has 4 nitrogen and oxygen atoms in total. The first-order valence-electron chi connectivity index (χ1n) is 6.18. The Kier molecular flexibility index (Phi) is 4.89. The van der Waals surface area contributed by atoms with Crippen LogP contribution in [0.3, 0.4) is 0 Å². The standard InChI is InChI=1S/C12H23N3OS/c1-9(2)15(3)8-4-7-14-11(16)12(5-6-12)10(13)17/h9H,4-8H2,1-3H3,(H2,13,17)(H,14,16). The Bertz CT molecular complexity index is 300. The molecule has 0 heterocycles. The van der Waals surface area contributed by atoms with Gasteiger partial charge in [0.25, 0.3) is 0 Å². The highest BCUT2D eigenvalue weighted by molar-refractivity contribution is 7.80. The highest BCUT2D eigenvalue weighted by Gasteiger charge is 2.52. The molecular formula is C12H23N3OS. The van der Waals surface area contributed by atoms with E-state index < -0.39 is 5.41 Å². The Morgan fingerprint density at radius 1 is 1.53 bits per heavy atom. The van der Waals surface area contributed by atoms with Crippen LogP contribution in [0.15, 0.2) is 0 Å². The van der Waals surface area contributed by atoms with Crippen LogP contribution in [-0.4, -0.2) is 42.0 Å². The Labute approximate surface area is 109 Å². The maximum absolute atomic E-state index is 11.9. The van der Waals surface area contributed by atoms with Crippen molar-refractivity contribution in [2.45, 2.75) is 39.2 Å². The number of hydrogen-bond donors (Lipinski definition) is 2. The van der Waals surface area contributed by atoms with Crippen LogP contribution in [-0.2, 0) is 4.79 Å². The first-order chi connectivity index (χ1) is 7.90. The number of amides is 1. The third-order valence-corrected chi connectivity index (χ3v) is 3.90. The topological polar surface area (TPSA) is 58.4 Å².